The van der Waals surface area contributed by atoms with Gasteiger partial charge in [0.15, 0.2) is 0 Å². The van der Waals surface area contributed by atoms with E-state index in [4.69, 9.17) is 0 Å². The highest BCUT2D eigenvalue weighted by molar-refractivity contribution is 9.10. The zero-order chi connectivity index (χ0) is 12.8. The SMILES string of the molecule is CNC(Cc1ccncc1)Cc1ccc(Br)cn1. The first-order valence-corrected chi connectivity index (χ1v) is 6.74. The molecule has 0 fully saturated rings. The van der Waals surface area contributed by atoms with Crippen molar-refractivity contribution >= 4 is 15.9 Å². The van der Waals surface area contributed by atoms with Crippen LogP contribution in [0.3, 0.4) is 0 Å². The molecule has 0 saturated carbocycles. The topological polar surface area (TPSA) is 37.8 Å². The monoisotopic (exact) mass is 305 g/mol. The van der Waals surface area contributed by atoms with Crippen LogP contribution in [0.15, 0.2) is 47.3 Å². The molecule has 0 aliphatic rings. The van der Waals surface area contributed by atoms with Crippen molar-refractivity contribution in [1.29, 1.82) is 0 Å². The van der Waals surface area contributed by atoms with Crippen molar-refractivity contribution in [3.8, 4) is 0 Å². The fourth-order valence-electron chi connectivity index (χ4n) is 1.86. The van der Waals surface area contributed by atoms with E-state index in [1.807, 2.05) is 31.7 Å². The molecule has 0 radical (unpaired) electrons. The third-order valence-electron chi connectivity index (χ3n) is 2.88. The highest BCUT2D eigenvalue weighted by Crippen LogP contribution is 2.10. The molecule has 3 nitrogen and oxygen atoms in total. The third-order valence-corrected chi connectivity index (χ3v) is 3.35. The molecule has 0 aliphatic carbocycles. The van der Waals surface area contributed by atoms with Gasteiger partial charge in [0.1, 0.15) is 0 Å². The molecule has 18 heavy (non-hydrogen) atoms. The Balaban J connectivity index is 1.99. The van der Waals surface area contributed by atoms with E-state index >= 15 is 0 Å². The van der Waals surface area contributed by atoms with E-state index < -0.39 is 0 Å². The van der Waals surface area contributed by atoms with E-state index in [-0.39, 0.29) is 0 Å². The number of nitrogens with zero attached hydrogens (tertiary/aromatic N) is 2. The standard InChI is InChI=1S/C14H16BrN3/c1-16-14(8-11-4-6-17-7-5-11)9-13-3-2-12(15)10-18-13/h2-7,10,14,16H,8-9H2,1H3. The predicted molar refractivity (Wildman–Crippen MR) is 76.4 cm³/mol. The summed E-state index contributed by atoms with van der Waals surface area (Å²) in [5.74, 6) is 0. The number of pyridine rings is 2. The van der Waals surface area contributed by atoms with Crippen molar-refractivity contribution in [2.75, 3.05) is 7.05 Å². The molecule has 0 amide bonds. The molecule has 94 valence electrons. The van der Waals surface area contributed by atoms with Gasteiger partial charge in [0.25, 0.3) is 0 Å². The number of likely N-dealkylation sites (N-methyl/N-ethyl adjacent to an activating group) is 1. The molecule has 2 rings (SSSR count). The molecule has 1 N–H and O–H groups in total. The van der Waals surface area contributed by atoms with Gasteiger partial charge >= 0.3 is 0 Å². The van der Waals surface area contributed by atoms with Gasteiger partial charge in [0, 0.05) is 41.2 Å². The van der Waals surface area contributed by atoms with Crippen LogP contribution in [0.2, 0.25) is 0 Å². The summed E-state index contributed by atoms with van der Waals surface area (Å²) in [4.78, 5) is 8.44. The molecule has 1 unspecified atom stereocenters. The second kappa shape index (κ2) is 6.61. The van der Waals surface area contributed by atoms with E-state index in [1.165, 1.54) is 5.56 Å². The van der Waals surface area contributed by atoms with Crippen LogP contribution in [-0.4, -0.2) is 23.1 Å². The van der Waals surface area contributed by atoms with Gasteiger partial charge in [-0.25, -0.2) is 0 Å². The number of hydrogen-bond acceptors (Lipinski definition) is 3. The van der Waals surface area contributed by atoms with Crippen LogP contribution in [0, 0.1) is 0 Å². The highest BCUT2D eigenvalue weighted by atomic mass is 79.9. The second-order valence-corrected chi connectivity index (χ2v) is 5.13. The van der Waals surface area contributed by atoms with Gasteiger partial charge in [-0.3, -0.25) is 9.97 Å². The van der Waals surface area contributed by atoms with Crippen molar-refractivity contribution in [3.05, 3.63) is 58.6 Å². The molecule has 1 atom stereocenters. The molecule has 0 spiro atoms. The summed E-state index contributed by atoms with van der Waals surface area (Å²) in [5, 5.41) is 3.34. The lowest BCUT2D eigenvalue weighted by atomic mass is 10.0. The molecular formula is C14H16BrN3. The summed E-state index contributed by atoms with van der Waals surface area (Å²) >= 11 is 3.40. The fourth-order valence-corrected chi connectivity index (χ4v) is 2.09. The highest BCUT2D eigenvalue weighted by Gasteiger charge is 2.09. The van der Waals surface area contributed by atoms with Crippen molar-refractivity contribution < 1.29 is 0 Å². The summed E-state index contributed by atoms with van der Waals surface area (Å²) in [6.45, 7) is 0. The third kappa shape index (κ3) is 3.89. The summed E-state index contributed by atoms with van der Waals surface area (Å²) < 4.78 is 1.02. The Morgan fingerprint density at radius 2 is 1.94 bits per heavy atom. The van der Waals surface area contributed by atoms with Gasteiger partial charge < -0.3 is 5.32 Å². The Hall–Kier alpha value is -1.26. The van der Waals surface area contributed by atoms with Gasteiger partial charge in [0.2, 0.25) is 0 Å². The van der Waals surface area contributed by atoms with E-state index in [0.717, 1.165) is 23.0 Å². The Bertz CT molecular complexity index is 470. The van der Waals surface area contributed by atoms with Crippen LogP contribution in [0.4, 0.5) is 0 Å². The van der Waals surface area contributed by atoms with Gasteiger partial charge in [-0.1, -0.05) is 0 Å². The first kappa shape index (κ1) is 13.2. The van der Waals surface area contributed by atoms with E-state index in [2.05, 4.69) is 49.4 Å². The lowest BCUT2D eigenvalue weighted by Gasteiger charge is -2.15. The van der Waals surface area contributed by atoms with Crippen molar-refractivity contribution in [2.45, 2.75) is 18.9 Å². The van der Waals surface area contributed by atoms with Gasteiger partial charge in [0.05, 0.1) is 0 Å². The maximum absolute atomic E-state index is 4.41. The number of aromatic nitrogens is 2. The Kier molecular flexibility index (Phi) is 4.84. The average Bonchev–Trinajstić information content (AvgIpc) is 2.41. The summed E-state index contributed by atoms with van der Waals surface area (Å²) in [7, 11) is 1.99. The maximum Gasteiger partial charge on any atom is 0.0420 e. The van der Waals surface area contributed by atoms with Crippen LogP contribution < -0.4 is 5.32 Å². The fraction of sp³-hybridized carbons (Fsp3) is 0.286. The van der Waals surface area contributed by atoms with Crippen LogP contribution in [0.1, 0.15) is 11.3 Å². The number of halogens is 1. The quantitative estimate of drug-likeness (QED) is 0.923. The number of nitrogens with one attached hydrogen (secondary N) is 1. The minimum Gasteiger partial charge on any atom is -0.316 e. The van der Waals surface area contributed by atoms with Crippen molar-refractivity contribution in [2.24, 2.45) is 0 Å². The minimum absolute atomic E-state index is 0.390. The predicted octanol–water partition coefficient (Wildman–Crippen LogP) is 2.61. The molecule has 2 aromatic heterocycles. The first-order valence-electron chi connectivity index (χ1n) is 5.94. The summed E-state index contributed by atoms with van der Waals surface area (Å²) in [5.41, 5.74) is 2.40. The lowest BCUT2D eigenvalue weighted by Crippen LogP contribution is -2.30. The Morgan fingerprint density at radius 1 is 1.17 bits per heavy atom. The Morgan fingerprint density at radius 3 is 2.56 bits per heavy atom. The zero-order valence-electron chi connectivity index (χ0n) is 10.3. The first-order chi connectivity index (χ1) is 8.78. The lowest BCUT2D eigenvalue weighted by molar-refractivity contribution is 0.550. The van der Waals surface area contributed by atoms with Crippen molar-refractivity contribution in [1.82, 2.24) is 15.3 Å². The molecule has 0 aromatic carbocycles. The normalized spacial score (nSPS) is 12.3. The summed E-state index contributed by atoms with van der Waals surface area (Å²) in [6.07, 6.45) is 7.41. The van der Waals surface area contributed by atoms with E-state index in [1.54, 1.807) is 0 Å². The second-order valence-electron chi connectivity index (χ2n) is 4.22. The largest absolute Gasteiger partial charge is 0.316 e. The van der Waals surface area contributed by atoms with Gasteiger partial charge in [-0.15, -0.1) is 0 Å². The maximum atomic E-state index is 4.41. The van der Waals surface area contributed by atoms with Gasteiger partial charge in [-0.05, 0) is 59.2 Å². The molecule has 0 bridgehead atoms. The van der Waals surface area contributed by atoms with E-state index in [0.29, 0.717) is 6.04 Å². The molecule has 2 aromatic rings. The molecular weight excluding hydrogens is 290 g/mol. The van der Waals surface area contributed by atoms with Crippen LogP contribution >= 0.6 is 15.9 Å². The minimum atomic E-state index is 0.390. The van der Waals surface area contributed by atoms with Crippen molar-refractivity contribution in [3.63, 3.8) is 0 Å². The molecule has 4 heteroatoms. The van der Waals surface area contributed by atoms with Crippen LogP contribution in [0.5, 0.6) is 0 Å². The van der Waals surface area contributed by atoms with Gasteiger partial charge in [-0.2, -0.15) is 0 Å². The average molecular weight is 306 g/mol. The van der Waals surface area contributed by atoms with E-state index in [9.17, 15) is 0 Å². The smallest absolute Gasteiger partial charge is 0.0420 e. The zero-order valence-corrected chi connectivity index (χ0v) is 11.9. The Labute approximate surface area is 116 Å². The summed E-state index contributed by atoms with van der Waals surface area (Å²) in [6, 6.07) is 8.59. The number of hydrogen-bond donors (Lipinski definition) is 1. The van der Waals surface area contributed by atoms with Crippen LogP contribution in [0.25, 0.3) is 0 Å². The molecule has 0 saturated heterocycles. The van der Waals surface area contributed by atoms with Crippen LogP contribution in [-0.2, 0) is 12.8 Å². The molecule has 0 aliphatic heterocycles. The molecule has 2 heterocycles. The number of rotatable bonds is 5.